The van der Waals surface area contributed by atoms with E-state index in [0.717, 1.165) is 38.4 Å². The zero-order valence-electron chi connectivity index (χ0n) is 8.07. The fourth-order valence-corrected chi connectivity index (χ4v) is 1.56. The minimum atomic E-state index is 0. The number of hydrogen-bond donors (Lipinski definition) is 1. The fourth-order valence-electron chi connectivity index (χ4n) is 1.56. The van der Waals surface area contributed by atoms with Gasteiger partial charge in [0.1, 0.15) is 5.76 Å². The predicted octanol–water partition coefficient (Wildman–Crippen LogP) is 1.97. The molecular weight excluding hydrogens is 202 g/mol. The van der Waals surface area contributed by atoms with E-state index in [-0.39, 0.29) is 12.4 Å². The van der Waals surface area contributed by atoms with Crippen LogP contribution in [0.2, 0.25) is 0 Å². The molecule has 1 aromatic heterocycles. The van der Waals surface area contributed by atoms with Crippen LogP contribution in [-0.4, -0.2) is 19.3 Å². The van der Waals surface area contributed by atoms with E-state index in [9.17, 15) is 0 Å². The molecule has 1 aliphatic heterocycles. The SMILES string of the molecule is Cl.c1coc(CNC2CCOCC2)c1. The van der Waals surface area contributed by atoms with Gasteiger partial charge in [-0.3, -0.25) is 0 Å². The standard InChI is InChI=1S/C10H15NO2.ClH/c1-2-10(13-5-1)8-11-9-3-6-12-7-4-9;/h1-2,5,9,11H,3-4,6-8H2;1H. The minimum Gasteiger partial charge on any atom is -0.468 e. The van der Waals surface area contributed by atoms with E-state index in [4.69, 9.17) is 9.15 Å². The third-order valence-electron chi connectivity index (χ3n) is 2.37. The molecule has 0 atom stereocenters. The van der Waals surface area contributed by atoms with E-state index >= 15 is 0 Å². The number of nitrogens with one attached hydrogen (secondary N) is 1. The van der Waals surface area contributed by atoms with Crippen molar-refractivity contribution in [3.8, 4) is 0 Å². The van der Waals surface area contributed by atoms with Gasteiger partial charge >= 0.3 is 0 Å². The van der Waals surface area contributed by atoms with Crippen molar-refractivity contribution in [1.82, 2.24) is 5.32 Å². The first-order valence-corrected chi connectivity index (χ1v) is 4.78. The van der Waals surface area contributed by atoms with Gasteiger partial charge in [-0.2, -0.15) is 0 Å². The van der Waals surface area contributed by atoms with Gasteiger partial charge in [0, 0.05) is 19.3 Å². The molecule has 1 fully saturated rings. The number of furan rings is 1. The van der Waals surface area contributed by atoms with Gasteiger partial charge in [-0.1, -0.05) is 0 Å². The fraction of sp³-hybridized carbons (Fsp3) is 0.600. The van der Waals surface area contributed by atoms with Crippen molar-refractivity contribution >= 4 is 12.4 Å². The Bertz CT molecular complexity index is 232. The predicted molar refractivity (Wildman–Crippen MR) is 56.6 cm³/mol. The molecule has 3 nitrogen and oxygen atoms in total. The van der Waals surface area contributed by atoms with Crippen LogP contribution in [0.3, 0.4) is 0 Å². The summed E-state index contributed by atoms with van der Waals surface area (Å²) in [4.78, 5) is 0. The van der Waals surface area contributed by atoms with Gasteiger partial charge in [0.05, 0.1) is 12.8 Å². The molecule has 1 aromatic rings. The van der Waals surface area contributed by atoms with E-state index in [1.807, 2.05) is 12.1 Å². The number of rotatable bonds is 3. The van der Waals surface area contributed by atoms with E-state index in [2.05, 4.69) is 5.32 Å². The maximum atomic E-state index is 5.27. The topological polar surface area (TPSA) is 34.4 Å². The second kappa shape index (κ2) is 6.06. The summed E-state index contributed by atoms with van der Waals surface area (Å²) in [7, 11) is 0. The molecule has 0 aromatic carbocycles. The number of ether oxygens (including phenoxy) is 1. The minimum absolute atomic E-state index is 0. The highest BCUT2D eigenvalue weighted by molar-refractivity contribution is 5.85. The number of hydrogen-bond acceptors (Lipinski definition) is 3. The highest BCUT2D eigenvalue weighted by Gasteiger charge is 2.12. The zero-order chi connectivity index (χ0) is 8.93. The molecule has 0 bridgehead atoms. The first-order valence-electron chi connectivity index (χ1n) is 4.78. The normalized spacial score (nSPS) is 17.7. The molecule has 4 heteroatoms. The molecule has 2 rings (SSSR count). The van der Waals surface area contributed by atoms with E-state index in [0.29, 0.717) is 6.04 Å². The van der Waals surface area contributed by atoms with Crippen LogP contribution < -0.4 is 5.32 Å². The lowest BCUT2D eigenvalue weighted by atomic mass is 10.1. The van der Waals surface area contributed by atoms with Crippen molar-refractivity contribution in [1.29, 1.82) is 0 Å². The molecule has 0 radical (unpaired) electrons. The van der Waals surface area contributed by atoms with Crippen LogP contribution in [0.4, 0.5) is 0 Å². The lowest BCUT2D eigenvalue weighted by Gasteiger charge is -2.22. The first-order chi connectivity index (χ1) is 6.45. The summed E-state index contributed by atoms with van der Waals surface area (Å²) < 4.78 is 10.5. The van der Waals surface area contributed by atoms with Crippen molar-refractivity contribution in [2.45, 2.75) is 25.4 Å². The molecule has 0 aliphatic carbocycles. The summed E-state index contributed by atoms with van der Waals surface area (Å²) in [6, 6.07) is 4.51. The Morgan fingerprint density at radius 1 is 1.36 bits per heavy atom. The van der Waals surface area contributed by atoms with Crippen LogP contribution in [0.25, 0.3) is 0 Å². The van der Waals surface area contributed by atoms with Crippen LogP contribution in [-0.2, 0) is 11.3 Å². The molecule has 14 heavy (non-hydrogen) atoms. The van der Waals surface area contributed by atoms with Crippen LogP contribution in [0.15, 0.2) is 22.8 Å². The Labute approximate surface area is 90.2 Å². The molecule has 1 N–H and O–H groups in total. The largest absolute Gasteiger partial charge is 0.468 e. The lowest BCUT2D eigenvalue weighted by molar-refractivity contribution is 0.0771. The molecule has 0 amide bonds. The smallest absolute Gasteiger partial charge is 0.117 e. The van der Waals surface area contributed by atoms with Crippen LogP contribution in [0.5, 0.6) is 0 Å². The Kier molecular flexibility index (Phi) is 5.01. The Morgan fingerprint density at radius 2 is 2.14 bits per heavy atom. The summed E-state index contributed by atoms with van der Waals surface area (Å²) in [5.41, 5.74) is 0. The Hall–Kier alpha value is -0.510. The van der Waals surface area contributed by atoms with Crippen LogP contribution >= 0.6 is 12.4 Å². The first kappa shape index (κ1) is 11.6. The molecule has 1 saturated heterocycles. The van der Waals surface area contributed by atoms with Gasteiger partial charge in [0.25, 0.3) is 0 Å². The summed E-state index contributed by atoms with van der Waals surface area (Å²) in [6.45, 7) is 2.60. The van der Waals surface area contributed by atoms with Crippen molar-refractivity contribution in [3.63, 3.8) is 0 Å². The van der Waals surface area contributed by atoms with E-state index in [1.165, 1.54) is 0 Å². The second-order valence-electron chi connectivity index (χ2n) is 3.35. The van der Waals surface area contributed by atoms with Gasteiger partial charge < -0.3 is 14.5 Å². The van der Waals surface area contributed by atoms with Crippen molar-refractivity contribution in [3.05, 3.63) is 24.2 Å². The second-order valence-corrected chi connectivity index (χ2v) is 3.35. The third kappa shape index (κ3) is 3.33. The molecule has 0 unspecified atom stereocenters. The zero-order valence-corrected chi connectivity index (χ0v) is 8.89. The van der Waals surface area contributed by atoms with Gasteiger partial charge in [0.15, 0.2) is 0 Å². The summed E-state index contributed by atoms with van der Waals surface area (Å²) in [5, 5.41) is 3.45. The molecule has 1 aliphatic rings. The van der Waals surface area contributed by atoms with Crippen molar-refractivity contribution in [2.75, 3.05) is 13.2 Å². The van der Waals surface area contributed by atoms with E-state index in [1.54, 1.807) is 6.26 Å². The van der Waals surface area contributed by atoms with Gasteiger partial charge in [-0.15, -0.1) is 12.4 Å². The summed E-state index contributed by atoms with van der Waals surface area (Å²) in [5.74, 6) is 1.01. The number of halogens is 1. The average Bonchev–Trinajstić information content (AvgIpc) is 2.69. The Morgan fingerprint density at radius 3 is 2.79 bits per heavy atom. The van der Waals surface area contributed by atoms with Crippen molar-refractivity contribution < 1.29 is 9.15 Å². The molecule has 2 heterocycles. The highest BCUT2D eigenvalue weighted by atomic mass is 35.5. The average molecular weight is 218 g/mol. The molecule has 80 valence electrons. The van der Waals surface area contributed by atoms with Crippen LogP contribution in [0, 0.1) is 0 Å². The monoisotopic (exact) mass is 217 g/mol. The van der Waals surface area contributed by atoms with Gasteiger partial charge in [0.2, 0.25) is 0 Å². The lowest BCUT2D eigenvalue weighted by Crippen LogP contribution is -2.34. The summed E-state index contributed by atoms with van der Waals surface area (Å²) >= 11 is 0. The molecule has 0 spiro atoms. The maximum absolute atomic E-state index is 5.27. The van der Waals surface area contributed by atoms with E-state index < -0.39 is 0 Å². The van der Waals surface area contributed by atoms with Crippen molar-refractivity contribution in [2.24, 2.45) is 0 Å². The quantitative estimate of drug-likeness (QED) is 0.841. The third-order valence-corrected chi connectivity index (χ3v) is 2.37. The highest BCUT2D eigenvalue weighted by Crippen LogP contribution is 2.07. The molecular formula is C10H16ClNO2. The Balaban J connectivity index is 0.000000980. The molecule has 0 saturated carbocycles. The summed E-state index contributed by atoms with van der Waals surface area (Å²) in [6.07, 6.45) is 3.93. The van der Waals surface area contributed by atoms with Crippen LogP contribution in [0.1, 0.15) is 18.6 Å². The van der Waals surface area contributed by atoms with Gasteiger partial charge in [-0.05, 0) is 25.0 Å². The maximum Gasteiger partial charge on any atom is 0.117 e. The van der Waals surface area contributed by atoms with Gasteiger partial charge in [-0.25, -0.2) is 0 Å².